The van der Waals surface area contributed by atoms with Gasteiger partial charge in [0.2, 0.25) is 10.1 Å². The van der Waals surface area contributed by atoms with E-state index in [0.29, 0.717) is 0 Å². The first-order chi connectivity index (χ1) is 13.9. The first kappa shape index (κ1) is 16.6. The Hall–Kier alpha value is -3.51. The number of imidazole rings is 1. The molecule has 0 saturated carbocycles. The third-order valence-electron chi connectivity index (χ3n) is 4.53. The number of nitrogens with one attached hydrogen (secondary N) is 1. The van der Waals surface area contributed by atoms with Crippen LogP contribution >= 0.6 is 11.3 Å². The molecule has 0 atom stereocenters. The van der Waals surface area contributed by atoms with Crippen molar-refractivity contribution in [1.29, 1.82) is 0 Å². The van der Waals surface area contributed by atoms with E-state index in [1.54, 1.807) is 6.20 Å². The number of rotatable bonds is 5. The Balaban J connectivity index is 1.47. The quantitative estimate of drug-likeness (QED) is 0.461. The Labute approximate surface area is 166 Å². The molecule has 28 heavy (non-hydrogen) atoms. The summed E-state index contributed by atoms with van der Waals surface area (Å²) in [5.74, 6) is 0. The maximum Gasteiger partial charge on any atom is 0.214 e. The van der Waals surface area contributed by atoms with Crippen LogP contribution < -0.4 is 5.32 Å². The maximum atomic E-state index is 4.70. The van der Waals surface area contributed by atoms with E-state index in [-0.39, 0.29) is 6.04 Å². The number of hydrogen-bond acceptors (Lipinski definition) is 5. The SMILES string of the molecule is c1ccc(C(Nc2nn3cc(-c4cccnc4)nc3s2)c2ccccc2)cc1. The molecule has 5 rings (SSSR count). The van der Waals surface area contributed by atoms with Gasteiger partial charge in [0.15, 0.2) is 0 Å². The third-order valence-corrected chi connectivity index (χ3v) is 5.39. The van der Waals surface area contributed by atoms with Gasteiger partial charge in [-0.2, -0.15) is 0 Å². The van der Waals surface area contributed by atoms with Crippen LogP contribution in [0.5, 0.6) is 0 Å². The zero-order valence-electron chi connectivity index (χ0n) is 14.9. The van der Waals surface area contributed by atoms with Crippen molar-refractivity contribution in [2.45, 2.75) is 6.04 Å². The Bertz CT molecular complexity index is 1110. The lowest BCUT2D eigenvalue weighted by Crippen LogP contribution is -2.12. The van der Waals surface area contributed by atoms with Gasteiger partial charge in [-0.25, -0.2) is 9.50 Å². The van der Waals surface area contributed by atoms with Crippen molar-refractivity contribution in [1.82, 2.24) is 19.6 Å². The van der Waals surface area contributed by atoms with Crippen LogP contribution in [0.25, 0.3) is 16.2 Å². The highest BCUT2D eigenvalue weighted by atomic mass is 32.1. The van der Waals surface area contributed by atoms with Crippen LogP contribution in [0.2, 0.25) is 0 Å². The fourth-order valence-electron chi connectivity index (χ4n) is 3.19. The number of nitrogens with zero attached hydrogens (tertiary/aromatic N) is 4. The van der Waals surface area contributed by atoms with Gasteiger partial charge < -0.3 is 5.32 Å². The molecule has 1 N–H and O–H groups in total. The van der Waals surface area contributed by atoms with Gasteiger partial charge in [0.05, 0.1) is 17.9 Å². The average molecular weight is 383 g/mol. The van der Waals surface area contributed by atoms with E-state index in [9.17, 15) is 0 Å². The molecule has 0 bridgehead atoms. The second-order valence-electron chi connectivity index (χ2n) is 6.40. The Kier molecular flexibility index (Phi) is 4.31. The lowest BCUT2D eigenvalue weighted by molar-refractivity contribution is 0.903. The molecule has 0 saturated heterocycles. The highest BCUT2D eigenvalue weighted by molar-refractivity contribution is 7.20. The van der Waals surface area contributed by atoms with Crippen LogP contribution in [0.1, 0.15) is 17.2 Å². The van der Waals surface area contributed by atoms with E-state index < -0.39 is 0 Å². The zero-order valence-corrected chi connectivity index (χ0v) is 15.8. The summed E-state index contributed by atoms with van der Waals surface area (Å²) >= 11 is 1.54. The van der Waals surface area contributed by atoms with Crippen LogP contribution in [-0.2, 0) is 0 Å². The van der Waals surface area contributed by atoms with E-state index in [0.717, 1.165) is 21.3 Å². The fourth-order valence-corrected chi connectivity index (χ4v) is 3.99. The molecular weight excluding hydrogens is 366 g/mol. The van der Waals surface area contributed by atoms with Gasteiger partial charge in [-0.15, -0.1) is 5.10 Å². The molecular formula is C22H17N5S. The first-order valence-electron chi connectivity index (χ1n) is 9.00. The number of benzene rings is 2. The summed E-state index contributed by atoms with van der Waals surface area (Å²) in [6, 6.07) is 24.7. The lowest BCUT2D eigenvalue weighted by Gasteiger charge is -2.19. The predicted molar refractivity (Wildman–Crippen MR) is 112 cm³/mol. The number of fused-ring (bicyclic) bond motifs is 1. The molecule has 0 unspecified atom stereocenters. The summed E-state index contributed by atoms with van der Waals surface area (Å²) < 4.78 is 1.82. The first-order valence-corrected chi connectivity index (χ1v) is 9.81. The van der Waals surface area contributed by atoms with E-state index in [1.165, 1.54) is 22.5 Å². The Morgan fingerprint density at radius 2 is 1.57 bits per heavy atom. The fraction of sp³-hybridized carbons (Fsp3) is 0.0455. The molecule has 6 heteroatoms. The summed E-state index contributed by atoms with van der Waals surface area (Å²) in [4.78, 5) is 9.70. The summed E-state index contributed by atoms with van der Waals surface area (Å²) in [6.07, 6.45) is 5.51. The second kappa shape index (κ2) is 7.25. The molecule has 0 radical (unpaired) electrons. The molecule has 0 fully saturated rings. The van der Waals surface area contributed by atoms with Crippen molar-refractivity contribution >= 4 is 21.4 Å². The molecule has 136 valence electrons. The average Bonchev–Trinajstić information content (AvgIpc) is 3.33. The minimum absolute atomic E-state index is 0.0241. The van der Waals surface area contributed by atoms with Crippen LogP contribution in [0, 0.1) is 0 Å². The van der Waals surface area contributed by atoms with Gasteiger partial charge in [-0.3, -0.25) is 4.98 Å². The molecule has 3 heterocycles. The Morgan fingerprint density at radius 1 is 0.857 bits per heavy atom. The van der Waals surface area contributed by atoms with Gasteiger partial charge >= 0.3 is 0 Å². The van der Waals surface area contributed by atoms with E-state index in [1.807, 2.05) is 41.2 Å². The van der Waals surface area contributed by atoms with Crippen LogP contribution in [0.4, 0.5) is 5.13 Å². The summed E-state index contributed by atoms with van der Waals surface area (Å²) in [5, 5.41) is 9.10. The summed E-state index contributed by atoms with van der Waals surface area (Å²) in [5.41, 5.74) is 4.25. The van der Waals surface area contributed by atoms with Gasteiger partial charge in [-0.05, 0) is 23.3 Å². The molecule has 0 aliphatic heterocycles. The minimum Gasteiger partial charge on any atom is -0.349 e. The smallest absolute Gasteiger partial charge is 0.214 e. The summed E-state index contributed by atoms with van der Waals surface area (Å²) in [7, 11) is 0. The zero-order chi connectivity index (χ0) is 18.8. The number of hydrogen-bond donors (Lipinski definition) is 1. The molecule has 5 nitrogen and oxygen atoms in total. The van der Waals surface area contributed by atoms with Gasteiger partial charge in [0, 0.05) is 18.0 Å². The standard InChI is InChI=1S/C22H17N5S/c1-3-8-16(9-4-1)20(17-10-5-2-6-11-17)25-21-26-27-15-19(24-22(27)28-21)18-12-7-13-23-14-18/h1-15,20H,(H,25,26). The largest absolute Gasteiger partial charge is 0.349 e. The van der Waals surface area contributed by atoms with Crippen molar-refractivity contribution in [3.63, 3.8) is 0 Å². The maximum absolute atomic E-state index is 4.70. The van der Waals surface area contributed by atoms with Crippen LogP contribution in [-0.4, -0.2) is 19.6 Å². The number of anilines is 1. The molecule has 5 aromatic rings. The third kappa shape index (κ3) is 3.25. The molecule has 0 aliphatic rings. The molecule has 0 spiro atoms. The van der Waals surface area contributed by atoms with E-state index in [2.05, 4.69) is 58.8 Å². The van der Waals surface area contributed by atoms with Crippen molar-refractivity contribution in [2.75, 3.05) is 5.32 Å². The Morgan fingerprint density at radius 3 is 2.18 bits per heavy atom. The van der Waals surface area contributed by atoms with Crippen molar-refractivity contribution in [3.8, 4) is 11.3 Å². The number of pyridine rings is 1. The van der Waals surface area contributed by atoms with Gasteiger partial charge in [-0.1, -0.05) is 72.0 Å². The summed E-state index contributed by atoms with van der Waals surface area (Å²) in [6.45, 7) is 0. The lowest BCUT2D eigenvalue weighted by atomic mass is 9.99. The monoisotopic (exact) mass is 383 g/mol. The van der Waals surface area contributed by atoms with Crippen LogP contribution in [0.15, 0.2) is 91.4 Å². The molecule has 2 aromatic carbocycles. The van der Waals surface area contributed by atoms with Gasteiger partial charge in [0.25, 0.3) is 0 Å². The van der Waals surface area contributed by atoms with Crippen molar-refractivity contribution in [3.05, 3.63) is 103 Å². The van der Waals surface area contributed by atoms with Crippen molar-refractivity contribution < 1.29 is 0 Å². The normalized spacial score (nSPS) is 11.2. The van der Waals surface area contributed by atoms with Crippen LogP contribution in [0.3, 0.4) is 0 Å². The highest BCUT2D eigenvalue weighted by Crippen LogP contribution is 2.30. The molecule has 3 aromatic heterocycles. The predicted octanol–water partition coefficient (Wildman–Crippen LogP) is 5.05. The highest BCUT2D eigenvalue weighted by Gasteiger charge is 2.17. The topological polar surface area (TPSA) is 55.1 Å². The van der Waals surface area contributed by atoms with Crippen molar-refractivity contribution in [2.24, 2.45) is 0 Å². The molecule has 0 amide bonds. The molecule has 0 aliphatic carbocycles. The van der Waals surface area contributed by atoms with E-state index >= 15 is 0 Å². The minimum atomic E-state index is 0.0241. The van der Waals surface area contributed by atoms with Gasteiger partial charge in [0.1, 0.15) is 0 Å². The second-order valence-corrected chi connectivity index (χ2v) is 7.36. The van der Waals surface area contributed by atoms with E-state index in [4.69, 9.17) is 10.1 Å². The number of aromatic nitrogens is 4.